The van der Waals surface area contributed by atoms with Gasteiger partial charge in [-0.25, -0.2) is 4.98 Å². The smallest absolute Gasteiger partial charge is 0.224 e. The van der Waals surface area contributed by atoms with Gasteiger partial charge < -0.3 is 9.64 Å². The van der Waals surface area contributed by atoms with Crippen molar-refractivity contribution in [3.05, 3.63) is 24.3 Å². The molecule has 7 heteroatoms. The van der Waals surface area contributed by atoms with Crippen molar-refractivity contribution in [2.24, 2.45) is 0 Å². The Morgan fingerprint density at radius 1 is 1.55 bits per heavy atom. The van der Waals surface area contributed by atoms with Crippen LogP contribution in [-0.2, 0) is 9.53 Å². The van der Waals surface area contributed by atoms with Crippen LogP contribution in [0.3, 0.4) is 0 Å². The number of carbonyl (C=O) groups excluding carboxylic acids is 1. The van der Waals surface area contributed by atoms with Gasteiger partial charge in [-0.1, -0.05) is 23.9 Å². The molecule has 114 valence electrons. The maximum absolute atomic E-state index is 12.2. The lowest BCUT2D eigenvalue weighted by atomic mass is 10.2. The zero-order chi connectivity index (χ0) is 15.4. The molecule has 0 bridgehead atoms. The molecular formula is C15H15N3O2S2. The first kappa shape index (κ1) is 15.3. The number of aromatic nitrogens is 1. The van der Waals surface area contributed by atoms with E-state index in [1.54, 1.807) is 28.0 Å². The second kappa shape index (κ2) is 7.09. The fourth-order valence-corrected chi connectivity index (χ4v) is 4.36. The summed E-state index contributed by atoms with van der Waals surface area (Å²) in [5.41, 5.74) is 0.999. The molecule has 2 aromatic rings. The fourth-order valence-electron chi connectivity index (χ4n) is 2.29. The molecule has 1 atom stereocenters. The van der Waals surface area contributed by atoms with E-state index in [2.05, 4.69) is 11.1 Å². The molecule has 2 heterocycles. The Kier molecular flexibility index (Phi) is 4.93. The van der Waals surface area contributed by atoms with Gasteiger partial charge in [-0.05, 0) is 12.1 Å². The topological polar surface area (TPSA) is 66.2 Å². The number of amides is 1. The van der Waals surface area contributed by atoms with Crippen molar-refractivity contribution in [3.8, 4) is 6.07 Å². The molecule has 1 fully saturated rings. The third kappa shape index (κ3) is 3.40. The third-order valence-corrected chi connectivity index (χ3v) is 5.59. The number of hydrogen-bond acceptors (Lipinski definition) is 6. The maximum atomic E-state index is 12.2. The highest BCUT2D eigenvalue weighted by molar-refractivity contribution is 8.01. The molecule has 1 amide bonds. The fraction of sp³-hybridized carbons (Fsp3) is 0.400. The summed E-state index contributed by atoms with van der Waals surface area (Å²) in [5, 5.41) is 9.06. The maximum Gasteiger partial charge on any atom is 0.224 e. The number of ether oxygens (including phenoxy) is 1. The number of para-hydroxylation sites is 1. The van der Waals surface area contributed by atoms with Crippen molar-refractivity contribution >= 4 is 39.2 Å². The van der Waals surface area contributed by atoms with E-state index in [1.807, 2.05) is 24.3 Å². The van der Waals surface area contributed by atoms with Crippen LogP contribution in [0.15, 0.2) is 28.6 Å². The van der Waals surface area contributed by atoms with E-state index in [0.717, 1.165) is 14.6 Å². The molecule has 3 rings (SSSR count). The first-order valence-corrected chi connectivity index (χ1v) is 8.83. The van der Waals surface area contributed by atoms with E-state index in [-0.39, 0.29) is 5.91 Å². The molecule has 0 unspecified atom stereocenters. The standard InChI is InChI=1S/C15H15N3O2S2/c16-9-11-10-20-7-6-18(11)14(19)5-8-21-15-17-12-3-1-2-4-13(12)22-15/h1-4,11H,5-8,10H2/t11-/m1/s1. The van der Waals surface area contributed by atoms with Crippen molar-refractivity contribution in [1.82, 2.24) is 9.88 Å². The Labute approximate surface area is 136 Å². The first-order valence-electron chi connectivity index (χ1n) is 7.03. The summed E-state index contributed by atoms with van der Waals surface area (Å²) in [6, 6.07) is 9.69. The van der Waals surface area contributed by atoms with Gasteiger partial charge in [0.25, 0.3) is 0 Å². The lowest BCUT2D eigenvalue weighted by Crippen LogP contribution is -2.48. The van der Waals surface area contributed by atoms with Gasteiger partial charge in [0.2, 0.25) is 5.91 Å². The molecule has 1 aliphatic rings. The normalized spacial score (nSPS) is 18.3. The van der Waals surface area contributed by atoms with Crippen molar-refractivity contribution < 1.29 is 9.53 Å². The van der Waals surface area contributed by atoms with E-state index >= 15 is 0 Å². The van der Waals surface area contributed by atoms with Crippen LogP contribution >= 0.6 is 23.1 Å². The number of thioether (sulfide) groups is 1. The average Bonchev–Trinajstić information content (AvgIpc) is 2.97. The molecule has 1 saturated heterocycles. The van der Waals surface area contributed by atoms with E-state index in [1.165, 1.54) is 0 Å². The molecule has 0 radical (unpaired) electrons. The van der Waals surface area contributed by atoms with Gasteiger partial charge in [-0.3, -0.25) is 4.79 Å². The van der Waals surface area contributed by atoms with Gasteiger partial charge in [0.05, 0.1) is 29.5 Å². The van der Waals surface area contributed by atoms with Crippen LogP contribution in [0.1, 0.15) is 6.42 Å². The Morgan fingerprint density at radius 2 is 2.41 bits per heavy atom. The summed E-state index contributed by atoms with van der Waals surface area (Å²) >= 11 is 3.24. The Bertz CT molecular complexity index is 677. The minimum absolute atomic E-state index is 0.0171. The molecule has 0 aliphatic carbocycles. The predicted molar refractivity (Wildman–Crippen MR) is 86.9 cm³/mol. The quantitative estimate of drug-likeness (QED) is 0.805. The van der Waals surface area contributed by atoms with Gasteiger partial charge >= 0.3 is 0 Å². The van der Waals surface area contributed by atoms with Gasteiger partial charge in [-0.15, -0.1) is 11.3 Å². The number of thiazole rings is 1. The molecular weight excluding hydrogens is 318 g/mol. The number of nitriles is 1. The van der Waals surface area contributed by atoms with Crippen molar-refractivity contribution in [2.75, 3.05) is 25.5 Å². The van der Waals surface area contributed by atoms with E-state index in [9.17, 15) is 4.79 Å². The zero-order valence-electron chi connectivity index (χ0n) is 11.9. The van der Waals surface area contributed by atoms with Crippen LogP contribution < -0.4 is 0 Å². The average molecular weight is 333 g/mol. The summed E-state index contributed by atoms with van der Waals surface area (Å²) in [6.45, 7) is 1.32. The molecule has 1 aromatic carbocycles. The van der Waals surface area contributed by atoms with Crippen molar-refractivity contribution in [3.63, 3.8) is 0 Å². The second-order valence-electron chi connectivity index (χ2n) is 4.85. The molecule has 0 saturated carbocycles. The van der Waals surface area contributed by atoms with E-state index in [0.29, 0.717) is 31.9 Å². The lowest BCUT2D eigenvalue weighted by molar-refractivity contribution is -0.137. The number of fused-ring (bicyclic) bond motifs is 1. The molecule has 1 aliphatic heterocycles. The third-order valence-electron chi connectivity index (χ3n) is 3.41. The SMILES string of the molecule is N#C[C@@H]1COCCN1C(=O)CCSc1nc2ccccc2s1. The number of benzene rings is 1. The summed E-state index contributed by atoms with van der Waals surface area (Å²) in [5.74, 6) is 0.692. The molecule has 22 heavy (non-hydrogen) atoms. The van der Waals surface area contributed by atoms with E-state index < -0.39 is 6.04 Å². The number of carbonyl (C=O) groups is 1. The van der Waals surface area contributed by atoms with Crippen LogP contribution in [0.25, 0.3) is 10.2 Å². The number of nitrogens with zero attached hydrogens (tertiary/aromatic N) is 3. The van der Waals surface area contributed by atoms with Crippen LogP contribution in [0.2, 0.25) is 0 Å². The Balaban J connectivity index is 1.54. The van der Waals surface area contributed by atoms with Gasteiger partial charge in [0, 0.05) is 18.7 Å². The summed E-state index contributed by atoms with van der Waals surface area (Å²) < 4.78 is 7.37. The van der Waals surface area contributed by atoms with Crippen LogP contribution in [0.4, 0.5) is 0 Å². The highest BCUT2D eigenvalue weighted by atomic mass is 32.2. The lowest BCUT2D eigenvalue weighted by Gasteiger charge is -2.31. The van der Waals surface area contributed by atoms with Gasteiger partial charge in [-0.2, -0.15) is 5.26 Å². The molecule has 1 aromatic heterocycles. The summed E-state index contributed by atoms with van der Waals surface area (Å²) in [4.78, 5) is 18.4. The van der Waals surface area contributed by atoms with Crippen LogP contribution in [0, 0.1) is 11.3 Å². The summed E-state index contributed by atoms with van der Waals surface area (Å²) in [6.07, 6.45) is 0.415. The highest BCUT2D eigenvalue weighted by Crippen LogP contribution is 2.29. The minimum Gasteiger partial charge on any atom is -0.376 e. The van der Waals surface area contributed by atoms with Gasteiger partial charge in [0.15, 0.2) is 4.34 Å². The minimum atomic E-state index is -0.450. The first-order chi connectivity index (χ1) is 10.8. The zero-order valence-corrected chi connectivity index (χ0v) is 13.5. The van der Waals surface area contributed by atoms with Crippen molar-refractivity contribution in [2.45, 2.75) is 16.8 Å². The van der Waals surface area contributed by atoms with Crippen LogP contribution in [-0.4, -0.2) is 47.3 Å². The molecule has 0 N–H and O–H groups in total. The van der Waals surface area contributed by atoms with Crippen molar-refractivity contribution in [1.29, 1.82) is 5.26 Å². The van der Waals surface area contributed by atoms with Crippen LogP contribution in [0.5, 0.6) is 0 Å². The Morgan fingerprint density at radius 3 is 3.23 bits per heavy atom. The molecule has 5 nitrogen and oxygen atoms in total. The second-order valence-corrected chi connectivity index (χ2v) is 7.23. The monoisotopic (exact) mass is 333 g/mol. The van der Waals surface area contributed by atoms with Gasteiger partial charge in [0.1, 0.15) is 6.04 Å². The number of rotatable bonds is 4. The largest absolute Gasteiger partial charge is 0.376 e. The summed E-state index contributed by atoms with van der Waals surface area (Å²) in [7, 11) is 0. The predicted octanol–water partition coefficient (Wildman–Crippen LogP) is 2.53. The highest BCUT2D eigenvalue weighted by Gasteiger charge is 2.26. The number of hydrogen-bond donors (Lipinski definition) is 0. The Hall–Kier alpha value is -1.62. The van der Waals surface area contributed by atoms with E-state index in [4.69, 9.17) is 10.00 Å². The number of morpholine rings is 1. The molecule has 0 spiro atoms.